The summed E-state index contributed by atoms with van der Waals surface area (Å²) in [7, 11) is -9.56. The zero-order valence-corrected chi connectivity index (χ0v) is 13.4. The Morgan fingerprint density at radius 3 is 2.21 bits per heavy atom. The molecule has 10 heteroatoms. The number of nitrogens with zero attached hydrogens (tertiary/aromatic N) is 1. The molecule has 1 aliphatic rings. The van der Waals surface area contributed by atoms with Gasteiger partial charge < -0.3 is 5.11 Å². The van der Waals surface area contributed by atoms with Crippen LogP contribution in [0, 0.1) is 0 Å². The Morgan fingerprint density at radius 2 is 1.58 bits per heavy atom. The van der Waals surface area contributed by atoms with Gasteiger partial charge in [-0.05, 0) is 24.3 Å². The normalized spacial score (nSPS) is 16.0. The van der Waals surface area contributed by atoms with E-state index in [0.29, 0.717) is 0 Å². The summed E-state index contributed by atoms with van der Waals surface area (Å²) < 4.78 is 50.1. The number of fused-ring (bicyclic) bond motifs is 1. The van der Waals surface area contributed by atoms with Crippen LogP contribution in [0.2, 0.25) is 0 Å². The summed E-state index contributed by atoms with van der Waals surface area (Å²) in [5.74, 6) is -2.80. The van der Waals surface area contributed by atoms with Gasteiger partial charge >= 0.3 is 5.97 Å². The summed E-state index contributed by atoms with van der Waals surface area (Å²) in [4.78, 5) is 22.3. The summed E-state index contributed by atoms with van der Waals surface area (Å²) in [5.41, 5.74) is -0.912. The van der Waals surface area contributed by atoms with E-state index < -0.39 is 47.3 Å². The van der Waals surface area contributed by atoms with Crippen molar-refractivity contribution in [3.05, 3.63) is 59.7 Å². The quantitative estimate of drug-likeness (QED) is 0.855. The first-order chi connectivity index (χ1) is 11.2. The number of carbonyl (C=O) groups excluding carboxylic acids is 1. The number of rotatable bonds is 3. The SMILES string of the molecule is O=C(O)c1ccccc1S(=O)(=O)N1C(=O)c2ccccc2S1(=O)=O. The van der Waals surface area contributed by atoms with Crippen molar-refractivity contribution >= 4 is 31.9 Å². The summed E-state index contributed by atoms with van der Waals surface area (Å²) in [6, 6.07) is 9.52. The topological polar surface area (TPSA) is 126 Å². The van der Waals surface area contributed by atoms with E-state index in [0.717, 1.165) is 18.2 Å². The number of carboxylic acids is 1. The molecule has 0 radical (unpaired) electrons. The van der Waals surface area contributed by atoms with Crippen molar-refractivity contribution < 1.29 is 31.5 Å². The van der Waals surface area contributed by atoms with Crippen LogP contribution >= 0.6 is 0 Å². The Labute approximate surface area is 137 Å². The number of sulfonamides is 2. The smallest absolute Gasteiger partial charge is 0.337 e. The van der Waals surface area contributed by atoms with Gasteiger partial charge in [0.05, 0.1) is 11.1 Å². The van der Waals surface area contributed by atoms with Crippen molar-refractivity contribution in [2.75, 3.05) is 0 Å². The van der Waals surface area contributed by atoms with Crippen LogP contribution < -0.4 is 0 Å². The van der Waals surface area contributed by atoms with Crippen molar-refractivity contribution in [2.24, 2.45) is 0 Å². The zero-order chi connectivity index (χ0) is 17.7. The first-order valence-electron chi connectivity index (χ1n) is 6.45. The van der Waals surface area contributed by atoms with Crippen LogP contribution in [-0.2, 0) is 20.0 Å². The van der Waals surface area contributed by atoms with E-state index >= 15 is 0 Å². The lowest BCUT2D eigenvalue weighted by Gasteiger charge is -2.16. The van der Waals surface area contributed by atoms with Gasteiger partial charge in [-0.25, -0.2) is 4.79 Å². The van der Waals surface area contributed by atoms with Crippen molar-refractivity contribution in [1.82, 2.24) is 3.71 Å². The average Bonchev–Trinajstić information content (AvgIpc) is 2.75. The fourth-order valence-electron chi connectivity index (χ4n) is 2.36. The summed E-state index contributed by atoms with van der Waals surface area (Å²) >= 11 is 0. The Hall–Kier alpha value is -2.72. The second-order valence-corrected chi connectivity index (χ2v) is 8.55. The molecule has 24 heavy (non-hydrogen) atoms. The second-order valence-electron chi connectivity index (χ2n) is 4.81. The molecule has 3 rings (SSSR count). The first kappa shape index (κ1) is 16.1. The monoisotopic (exact) mass is 367 g/mol. The van der Waals surface area contributed by atoms with Gasteiger partial charge in [-0.3, -0.25) is 4.79 Å². The molecule has 0 unspecified atom stereocenters. The lowest BCUT2D eigenvalue weighted by molar-refractivity contribution is 0.0691. The highest BCUT2D eigenvalue weighted by molar-refractivity contribution is 8.05. The van der Waals surface area contributed by atoms with Gasteiger partial charge in [-0.15, -0.1) is 3.71 Å². The molecule has 1 heterocycles. The van der Waals surface area contributed by atoms with E-state index in [9.17, 15) is 26.4 Å². The molecule has 0 aliphatic carbocycles. The molecule has 0 atom stereocenters. The van der Waals surface area contributed by atoms with Crippen molar-refractivity contribution in [1.29, 1.82) is 0 Å². The Kier molecular flexibility index (Phi) is 3.46. The molecule has 1 aliphatic heterocycles. The largest absolute Gasteiger partial charge is 0.478 e. The molecule has 2 aromatic rings. The Balaban J connectivity index is 2.28. The summed E-state index contributed by atoms with van der Waals surface area (Å²) in [6.45, 7) is 0. The van der Waals surface area contributed by atoms with Crippen LogP contribution in [0.4, 0.5) is 0 Å². The standard InChI is InChI=1S/C14H9NO7S2/c16-13-9-5-1-3-7-11(9)23(19,20)15(13)24(21,22)12-8-4-2-6-10(12)14(17)18/h1-8H,(H,17,18). The van der Waals surface area contributed by atoms with Gasteiger partial charge in [0, 0.05) is 0 Å². The maximum absolute atomic E-state index is 12.7. The summed E-state index contributed by atoms with van der Waals surface area (Å²) in [5, 5.41) is 9.12. The molecule has 0 saturated carbocycles. The van der Waals surface area contributed by atoms with Crippen LogP contribution in [0.15, 0.2) is 58.3 Å². The highest BCUT2D eigenvalue weighted by atomic mass is 32.3. The molecular weight excluding hydrogens is 358 g/mol. The average molecular weight is 367 g/mol. The second kappa shape index (κ2) is 5.14. The summed E-state index contributed by atoms with van der Waals surface area (Å²) in [6.07, 6.45) is 0. The van der Waals surface area contributed by atoms with E-state index in [1.54, 1.807) is 0 Å². The molecule has 1 amide bonds. The number of carboxylic acid groups (broad SMARTS) is 1. The van der Waals surface area contributed by atoms with E-state index in [2.05, 4.69) is 0 Å². The van der Waals surface area contributed by atoms with E-state index in [1.807, 2.05) is 0 Å². The maximum atomic E-state index is 12.7. The lowest BCUT2D eigenvalue weighted by atomic mass is 10.2. The predicted octanol–water partition coefficient (Wildman–Crippen LogP) is 0.918. The third-order valence-electron chi connectivity index (χ3n) is 3.39. The van der Waals surface area contributed by atoms with Crippen LogP contribution in [0.5, 0.6) is 0 Å². The first-order valence-corrected chi connectivity index (χ1v) is 9.33. The maximum Gasteiger partial charge on any atom is 0.337 e. The van der Waals surface area contributed by atoms with Gasteiger partial charge in [0.25, 0.3) is 26.0 Å². The molecule has 0 saturated heterocycles. The van der Waals surface area contributed by atoms with Crippen LogP contribution in [0.3, 0.4) is 0 Å². The highest BCUT2D eigenvalue weighted by Gasteiger charge is 2.49. The number of carbonyl (C=O) groups is 2. The molecule has 8 nitrogen and oxygen atoms in total. The number of aromatic carboxylic acids is 1. The number of hydrogen-bond acceptors (Lipinski definition) is 6. The minimum atomic E-state index is -4.92. The molecular formula is C14H9NO7S2. The predicted molar refractivity (Wildman–Crippen MR) is 80.4 cm³/mol. The van der Waals surface area contributed by atoms with Gasteiger partial charge in [0.15, 0.2) is 0 Å². The van der Waals surface area contributed by atoms with Crippen LogP contribution in [0.25, 0.3) is 0 Å². The minimum absolute atomic E-state index is 0.258. The third-order valence-corrected chi connectivity index (χ3v) is 7.60. The van der Waals surface area contributed by atoms with Crippen LogP contribution in [-0.4, -0.2) is 37.5 Å². The molecule has 0 spiro atoms. The zero-order valence-electron chi connectivity index (χ0n) is 11.8. The van der Waals surface area contributed by atoms with Gasteiger partial charge in [-0.2, -0.15) is 16.8 Å². The molecule has 124 valence electrons. The fourth-order valence-corrected chi connectivity index (χ4v) is 6.23. The van der Waals surface area contributed by atoms with Gasteiger partial charge in [-0.1, -0.05) is 24.3 Å². The van der Waals surface area contributed by atoms with Gasteiger partial charge in [0.2, 0.25) is 0 Å². The van der Waals surface area contributed by atoms with E-state index in [1.165, 1.54) is 30.3 Å². The highest BCUT2D eigenvalue weighted by Crippen LogP contribution is 2.35. The van der Waals surface area contributed by atoms with Gasteiger partial charge in [0.1, 0.15) is 9.79 Å². The molecule has 1 N–H and O–H groups in total. The van der Waals surface area contributed by atoms with E-state index in [-0.39, 0.29) is 9.27 Å². The van der Waals surface area contributed by atoms with Crippen molar-refractivity contribution in [3.8, 4) is 0 Å². The molecule has 0 aromatic heterocycles. The number of benzene rings is 2. The number of amides is 1. The van der Waals surface area contributed by atoms with Crippen LogP contribution in [0.1, 0.15) is 20.7 Å². The lowest BCUT2D eigenvalue weighted by Crippen LogP contribution is -2.37. The third kappa shape index (κ3) is 2.11. The van der Waals surface area contributed by atoms with E-state index in [4.69, 9.17) is 5.11 Å². The van der Waals surface area contributed by atoms with Crippen molar-refractivity contribution in [2.45, 2.75) is 9.79 Å². The molecule has 0 bridgehead atoms. The number of hydrogen-bond donors (Lipinski definition) is 1. The minimum Gasteiger partial charge on any atom is -0.478 e. The fraction of sp³-hybridized carbons (Fsp3) is 0. The van der Waals surface area contributed by atoms with Crippen molar-refractivity contribution in [3.63, 3.8) is 0 Å². The Morgan fingerprint density at radius 1 is 1.00 bits per heavy atom. The molecule has 0 fully saturated rings. The molecule has 2 aromatic carbocycles. The Bertz CT molecular complexity index is 1090.